The molecule has 0 amide bonds. The number of anilines is 2. The van der Waals surface area contributed by atoms with Gasteiger partial charge in [-0.25, -0.2) is 9.97 Å². The molecule has 8 nitrogen and oxygen atoms in total. The Balaban J connectivity index is 0.000000162. The van der Waals surface area contributed by atoms with Crippen molar-refractivity contribution in [3.8, 4) is 0 Å². The molecule has 6 heterocycles. The van der Waals surface area contributed by atoms with Gasteiger partial charge in [0.2, 0.25) is 0 Å². The largest absolute Gasteiger partial charge is 0.365 e. The van der Waals surface area contributed by atoms with Gasteiger partial charge in [0.05, 0.1) is 39.1 Å². The second-order valence-corrected chi connectivity index (χ2v) is 15.4. The van der Waals surface area contributed by atoms with Crippen LogP contribution in [0.3, 0.4) is 0 Å². The lowest BCUT2D eigenvalue weighted by Gasteiger charge is -2.21. The Morgan fingerprint density at radius 2 is 1.17 bits per heavy atom. The lowest BCUT2D eigenvalue weighted by molar-refractivity contribution is 0.354. The number of nitrogens with one attached hydrogen (secondary N) is 2. The van der Waals surface area contributed by atoms with Crippen molar-refractivity contribution in [3.63, 3.8) is 0 Å². The highest BCUT2D eigenvalue weighted by Gasteiger charge is 2.17. The fourth-order valence-electron chi connectivity index (χ4n) is 6.60. The molecule has 0 atom stereocenters. The summed E-state index contributed by atoms with van der Waals surface area (Å²) in [5, 5.41) is 8.26. The maximum atomic E-state index is 6.34. The fraction of sp³-hybridized carbons (Fsp3) is 0.250. The molecular weight excluding hydrogens is 823 g/mol. The highest BCUT2D eigenvalue weighted by Crippen LogP contribution is 2.30. The molecule has 1 fully saturated rings. The molecule has 0 bridgehead atoms. The Morgan fingerprint density at radius 3 is 1.71 bits per heavy atom. The molecule has 0 spiro atoms. The van der Waals surface area contributed by atoms with Crippen molar-refractivity contribution in [2.45, 2.75) is 58.0 Å². The molecule has 0 unspecified atom stereocenters. The zero-order chi connectivity index (χ0) is 35.9. The molecule has 12 heteroatoms. The molecule has 266 valence electrons. The second-order valence-electron chi connectivity index (χ2n) is 12.9. The summed E-state index contributed by atoms with van der Waals surface area (Å²) in [6.07, 6.45) is 16.1. The number of pyridine rings is 2. The number of halogens is 4. The van der Waals surface area contributed by atoms with Gasteiger partial charge in [-0.2, -0.15) is 0 Å². The SMILES string of the molecule is Brc1ccn2c(NCc3ccccn3)cc(CC3CCCCC3)nc12.Clc1cccc(Cl)c1Cc1cc(NCc2ccccn2)n2ccc(Br)c2n1. The Kier molecular flexibility index (Phi) is 12.1. The molecule has 6 aromatic heterocycles. The first-order chi connectivity index (χ1) is 25.4. The third kappa shape index (κ3) is 8.97. The molecule has 0 saturated heterocycles. The van der Waals surface area contributed by atoms with E-state index >= 15 is 0 Å². The summed E-state index contributed by atoms with van der Waals surface area (Å²) in [5.41, 5.74) is 6.74. The Hall–Kier alpha value is -3.96. The zero-order valence-corrected chi connectivity index (χ0v) is 33.1. The normalized spacial score (nSPS) is 13.2. The van der Waals surface area contributed by atoms with Crippen LogP contribution in [0.4, 0.5) is 11.6 Å². The quantitative estimate of drug-likeness (QED) is 0.143. The van der Waals surface area contributed by atoms with Crippen LogP contribution in [0.25, 0.3) is 11.3 Å². The van der Waals surface area contributed by atoms with E-state index in [1.54, 1.807) is 6.20 Å². The minimum Gasteiger partial charge on any atom is -0.365 e. The van der Waals surface area contributed by atoms with Crippen molar-refractivity contribution < 1.29 is 0 Å². The van der Waals surface area contributed by atoms with Gasteiger partial charge in [0.25, 0.3) is 0 Å². The van der Waals surface area contributed by atoms with Crippen molar-refractivity contribution in [1.82, 2.24) is 28.7 Å². The van der Waals surface area contributed by atoms with Crippen LogP contribution in [0.2, 0.25) is 10.0 Å². The maximum Gasteiger partial charge on any atom is 0.152 e. The Bertz CT molecular complexity index is 2230. The number of benzene rings is 1. The van der Waals surface area contributed by atoms with Crippen molar-refractivity contribution in [3.05, 3.63) is 151 Å². The van der Waals surface area contributed by atoms with E-state index in [0.717, 1.165) is 66.9 Å². The summed E-state index contributed by atoms with van der Waals surface area (Å²) >= 11 is 19.9. The van der Waals surface area contributed by atoms with Crippen molar-refractivity contribution in [2.75, 3.05) is 10.6 Å². The lowest BCUT2D eigenvalue weighted by Crippen LogP contribution is -2.12. The van der Waals surface area contributed by atoms with Crippen LogP contribution in [0.15, 0.2) is 113 Å². The van der Waals surface area contributed by atoms with Crippen LogP contribution in [-0.4, -0.2) is 28.7 Å². The van der Waals surface area contributed by atoms with Crippen LogP contribution in [0.5, 0.6) is 0 Å². The molecule has 1 aliphatic rings. The fourth-order valence-corrected chi connectivity index (χ4v) is 7.93. The first kappa shape index (κ1) is 36.4. The Morgan fingerprint density at radius 1 is 0.635 bits per heavy atom. The van der Waals surface area contributed by atoms with Gasteiger partial charge >= 0.3 is 0 Å². The van der Waals surface area contributed by atoms with Crippen LogP contribution in [0.1, 0.15) is 60.4 Å². The first-order valence-electron chi connectivity index (χ1n) is 17.4. The standard InChI is InChI=1S/C20H15BrCl2N4.C20H23BrN4/c21-16-7-9-27-19(25-12-13-4-1-2-8-24-13)11-14(26-20(16)27)10-15-17(22)5-3-6-18(15)23;21-18-9-11-25-19(23-14-16-8-4-5-10-22-16)13-17(24-20(18)25)12-15-6-2-1-3-7-15/h1-9,11,25H,10,12H2;4-5,8-11,13,15,23H,1-3,6-7,12,14H2. The van der Waals surface area contributed by atoms with Gasteiger partial charge in [0, 0.05) is 59.1 Å². The smallest absolute Gasteiger partial charge is 0.152 e. The van der Waals surface area contributed by atoms with Crippen LogP contribution in [-0.2, 0) is 25.9 Å². The monoisotopic (exact) mass is 858 g/mol. The van der Waals surface area contributed by atoms with E-state index in [-0.39, 0.29) is 0 Å². The molecular formula is C40H38Br2Cl2N8. The molecule has 8 rings (SSSR count). The Labute approximate surface area is 330 Å². The van der Waals surface area contributed by atoms with Crippen LogP contribution in [0, 0.1) is 5.92 Å². The topological polar surface area (TPSA) is 84.4 Å². The molecule has 0 aliphatic heterocycles. The summed E-state index contributed by atoms with van der Waals surface area (Å²) in [4.78, 5) is 18.4. The average Bonchev–Trinajstić information content (AvgIpc) is 3.74. The van der Waals surface area contributed by atoms with Crippen molar-refractivity contribution >= 4 is 78.0 Å². The first-order valence-corrected chi connectivity index (χ1v) is 19.8. The summed E-state index contributed by atoms with van der Waals surface area (Å²) in [5.74, 6) is 2.78. The van der Waals surface area contributed by atoms with Gasteiger partial charge in [-0.3, -0.25) is 18.8 Å². The molecule has 1 aliphatic carbocycles. The minimum absolute atomic E-state index is 0.547. The van der Waals surface area contributed by atoms with E-state index in [2.05, 4.69) is 75.2 Å². The van der Waals surface area contributed by atoms with E-state index < -0.39 is 0 Å². The summed E-state index contributed by atoms with van der Waals surface area (Å²) in [7, 11) is 0. The summed E-state index contributed by atoms with van der Waals surface area (Å²) in [6, 6.07) is 25.6. The van der Waals surface area contributed by atoms with E-state index in [1.807, 2.05) is 83.5 Å². The third-order valence-corrected chi connectivity index (χ3v) is 11.2. The number of fused-ring (bicyclic) bond motifs is 2. The molecule has 7 aromatic rings. The van der Waals surface area contributed by atoms with E-state index in [9.17, 15) is 0 Å². The van der Waals surface area contributed by atoms with Crippen LogP contribution >= 0.6 is 55.1 Å². The number of nitrogens with zero attached hydrogens (tertiary/aromatic N) is 6. The highest BCUT2D eigenvalue weighted by atomic mass is 79.9. The van der Waals surface area contributed by atoms with Gasteiger partial charge in [0.15, 0.2) is 11.3 Å². The van der Waals surface area contributed by atoms with Crippen molar-refractivity contribution in [1.29, 1.82) is 0 Å². The van der Waals surface area contributed by atoms with E-state index in [1.165, 1.54) is 37.8 Å². The minimum atomic E-state index is 0.547. The number of hydrogen-bond donors (Lipinski definition) is 2. The lowest BCUT2D eigenvalue weighted by atomic mass is 9.86. The average molecular weight is 862 g/mol. The van der Waals surface area contributed by atoms with Gasteiger partial charge in [0.1, 0.15) is 11.6 Å². The highest BCUT2D eigenvalue weighted by molar-refractivity contribution is 9.11. The van der Waals surface area contributed by atoms with Crippen LogP contribution < -0.4 is 10.6 Å². The maximum absolute atomic E-state index is 6.34. The van der Waals surface area contributed by atoms with E-state index in [4.69, 9.17) is 33.2 Å². The molecule has 2 N–H and O–H groups in total. The van der Waals surface area contributed by atoms with Gasteiger partial charge in [-0.15, -0.1) is 0 Å². The molecule has 52 heavy (non-hydrogen) atoms. The zero-order valence-electron chi connectivity index (χ0n) is 28.5. The molecule has 0 radical (unpaired) electrons. The second kappa shape index (κ2) is 17.2. The van der Waals surface area contributed by atoms with Gasteiger partial charge < -0.3 is 10.6 Å². The molecule has 1 saturated carbocycles. The van der Waals surface area contributed by atoms with E-state index in [0.29, 0.717) is 29.6 Å². The van der Waals surface area contributed by atoms with Gasteiger partial charge in [-0.05, 0) is 98.3 Å². The summed E-state index contributed by atoms with van der Waals surface area (Å²) < 4.78 is 6.08. The number of aromatic nitrogens is 6. The van der Waals surface area contributed by atoms with Crippen molar-refractivity contribution in [2.24, 2.45) is 5.92 Å². The summed E-state index contributed by atoms with van der Waals surface area (Å²) in [6.45, 7) is 1.32. The molecule has 1 aromatic carbocycles. The van der Waals surface area contributed by atoms with Gasteiger partial charge in [-0.1, -0.05) is 73.5 Å². The number of rotatable bonds is 10. The third-order valence-electron chi connectivity index (χ3n) is 9.24. The predicted octanol–water partition coefficient (Wildman–Crippen LogP) is 11.2. The predicted molar refractivity (Wildman–Crippen MR) is 218 cm³/mol. The number of hydrogen-bond acceptors (Lipinski definition) is 6.